The first-order valence-electron chi connectivity index (χ1n) is 13.6. The summed E-state index contributed by atoms with van der Waals surface area (Å²) >= 11 is 1.68. The van der Waals surface area contributed by atoms with Gasteiger partial charge in [-0.2, -0.15) is 5.10 Å². The van der Waals surface area contributed by atoms with Gasteiger partial charge in [0.25, 0.3) is 0 Å². The van der Waals surface area contributed by atoms with Gasteiger partial charge in [0.15, 0.2) is 0 Å². The molecule has 1 fully saturated rings. The van der Waals surface area contributed by atoms with E-state index in [4.69, 9.17) is 4.74 Å². The van der Waals surface area contributed by atoms with Crippen LogP contribution in [0.15, 0.2) is 24.7 Å². The minimum atomic E-state index is 0.0309. The topological polar surface area (TPSA) is 99.3 Å². The summed E-state index contributed by atoms with van der Waals surface area (Å²) in [4.78, 5) is 28.3. The van der Waals surface area contributed by atoms with Crippen LogP contribution in [-0.2, 0) is 17.6 Å². The number of piperidine rings is 1. The van der Waals surface area contributed by atoms with Crippen LogP contribution < -0.4 is 10.1 Å². The van der Waals surface area contributed by atoms with Crippen molar-refractivity contribution in [2.75, 3.05) is 45.7 Å². The zero-order valence-electron chi connectivity index (χ0n) is 22.1. The molecular weight excluding hydrogens is 498 g/mol. The molecular formula is C28H35N7O2S. The zero-order chi connectivity index (χ0) is 26.1. The van der Waals surface area contributed by atoms with Crippen LogP contribution in [0.5, 0.6) is 5.75 Å². The average Bonchev–Trinajstić information content (AvgIpc) is 3.55. The Kier molecular flexibility index (Phi) is 7.16. The molecule has 1 saturated heterocycles. The van der Waals surface area contributed by atoms with Crippen molar-refractivity contribution in [1.29, 1.82) is 0 Å². The number of amides is 1. The molecule has 1 atom stereocenters. The third kappa shape index (κ3) is 5.07. The van der Waals surface area contributed by atoms with Gasteiger partial charge in [-0.05, 0) is 63.2 Å². The summed E-state index contributed by atoms with van der Waals surface area (Å²) in [6.45, 7) is 4.12. The molecule has 0 saturated carbocycles. The maximum Gasteiger partial charge on any atom is 0.225 e. The molecule has 0 radical (unpaired) electrons. The lowest BCUT2D eigenvalue weighted by molar-refractivity contribution is -0.133. The number of thiophene rings is 1. The molecule has 1 aliphatic heterocycles. The molecule has 38 heavy (non-hydrogen) atoms. The monoisotopic (exact) mass is 533 g/mol. The van der Waals surface area contributed by atoms with Crippen molar-refractivity contribution >= 4 is 49.9 Å². The van der Waals surface area contributed by atoms with Crippen molar-refractivity contribution < 1.29 is 9.53 Å². The number of hydrogen-bond donors (Lipinski definition) is 2. The maximum atomic E-state index is 12.6. The molecule has 0 unspecified atom stereocenters. The van der Waals surface area contributed by atoms with Gasteiger partial charge < -0.3 is 19.9 Å². The largest absolute Gasteiger partial charge is 0.491 e. The number of nitrogens with zero attached hydrogens (tertiary/aromatic N) is 5. The van der Waals surface area contributed by atoms with Crippen LogP contribution >= 0.6 is 11.3 Å². The van der Waals surface area contributed by atoms with Crippen molar-refractivity contribution in [1.82, 2.24) is 30.0 Å². The minimum Gasteiger partial charge on any atom is -0.491 e. The van der Waals surface area contributed by atoms with E-state index in [1.54, 1.807) is 22.6 Å². The maximum absolute atomic E-state index is 12.6. The number of carbonyl (C=O) groups is 1. The van der Waals surface area contributed by atoms with Crippen LogP contribution in [0.4, 0.5) is 11.5 Å². The van der Waals surface area contributed by atoms with Gasteiger partial charge in [0.05, 0.1) is 29.4 Å². The van der Waals surface area contributed by atoms with Crippen molar-refractivity contribution in [2.45, 2.75) is 44.9 Å². The first-order valence-corrected chi connectivity index (χ1v) is 14.4. The molecule has 200 valence electrons. The number of aryl methyl sites for hydroxylation is 1. The Morgan fingerprint density at radius 2 is 2.11 bits per heavy atom. The van der Waals surface area contributed by atoms with Gasteiger partial charge in [0.1, 0.15) is 22.7 Å². The van der Waals surface area contributed by atoms with E-state index >= 15 is 0 Å². The second-order valence-corrected chi connectivity index (χ2v) is 11.7. The lowest BCUT2D eigenvalue weighted by atomic mass is 9.87. The van der Waals surface area contributed by atoms with Crippen LogP contribution in [0.2, 0.25) is 0 Å². The molecule has 3 aromatic heterocycles. The van der Waals surface area contributed by atoms with E-state index < -0.39 is 0 Å². The Bertz CT molecular complexity index is 1440. The lowest BCUT2D eigenvalue weighted by Crippen LogP contribution is -2.32. The number of benzene rings is 1. The summed E-state index contributed by atoms with van der Waals surface area (Å²) in [7, 11) is 3.67. The Morgan fingerprint density at radius 1 is 1.24 bits per heavy atom. The predicted octanol–water partition coefficient (Wildman–Crippen LogP) is 4.76. The quantitative estimate of drug-likeness (QED) is 0.315. The van der Waals surface area contributed by atoms with Crippen molar-refractivity contribution in [3.05, 3.63) is 35.1 Å². The highest BCUT2D eigenvalue weighted by atomic mass is 32.1. The fourth-order valence-corrected chi connectivity index (χ4v) is 7.02. The van der Waals surface area contributed by atoms with Crippen molar-refractivity contribution in [3.8, 4) is 5.75 Å². The highest BCUT2D eigenvalue weighted by Gasteiger charge is 2.30. The van der Waals surface area contributed by atoms with E-state index in [9.17, 15) is 4.79 Å². The molecule has 9 nitrogen and oxygen atoms in total. The number of fused-ring (bicyclic) bond motifs is 4. The molecule has 4 aromatic rings. The van der Waals surface area contributed by atoms with E-state index in [1.807, 2.05) is 26.4 Å². The number of carbonyl (C=O) groups excluding carboxylic acids is 1. The lowest BCUT2D eigenvalue weighted by Gasteiger charge is -2.26. The number of H-pyrrole nitrogens is 1. The smallest absolute Gasteiger partial charge is 0.225 e. The van der Waals surface area contributed by atoms with Crippen LogP contribution in [0, 0.1) is 5.92 Å². The third-order valence-corrected chi connectivity index (χ3v) is 8.92. The molecule has 2 aliphatic rings. The Labute approximate surface area is 226 Å². The van der Waals surface area contributed by atoms with Gasteiger partial charge in [-0.3, -0.25) is 9.89 Å². The third-order valence-electron chi connectivity index (χ3n) is 7.75. The standard InChI is InChI=1S/C28H35N7O2S/c1-34(2)28(36)18-7-8-20-24(14-18)38-27-25(20)26(29-17-30-27)32-22-13-19-16-31-33-21(19)15-23(22)37-12-6-11-35-9-4-3-5-10-35/h13,15-18H,3-12,14H2,1-2H3,(H,31,33)(H,29,30,32)/t18-/m0/s1. The number of ether oxygens (including phenoxy) is 1. The van der Waals surface area contributed by atoms with Gasteiger partial charge >= 0.3 is 0 Å². The average molecular weight is 534 g/mol. The summed E-state index contributed by atoms with van der Waals surface area (Å²) in [5.74, 6) is 1.80. The first kappa shape index (κ1) is 25.1. The molecule has 4 heterocycles. The van der Waals surface area contributed by atoms with Gasteiger partial charge in [-0.1, -0.05) is 6.42 Å². The summed E-state index contributed by atoms with van der Waals surface area (Å²) in [5, 5.41) is 12.9. The van der Waals surface area contributed by atoms with Crippen LogP contribution in [-0.4, -0.2) is 76.2 Å². The van der Waals surface area contributed by atoms with E-state index in [0.717, 1.165) is 70.6 Å². The molecule has 0 spiro atoms. The summed E-state index contributed by atoms with van der Waals surface area (Å²) in [6.07, 6.45) is 10.8. The van der Waals surface area contributed by atoms with Crippen LogP contribution in [0.3, 0.4) is 0 Å². The molecule has 2 N–H and O–H groups in total. The molecule has 10 heteroatoms. The Hall–Kier alpha value is -3.24. The van der Waals surface area contributed by atoms with Gasteiger partial charge in [-0.15, -0.1) is 11.3 Å². The summed E-state index contributed by atoms with van der Waals surface area (Å²) < 4.78 is 6.33. The first-order chi connectivity index (χ1) is 18.6. The number of likely N-dealkylation sites (tertiary alicyclic amines) is 1. The second-order valence-electron chi connectivity index (χ2n) is 10.6. The normalized spacial score (nSPS) is 18.0. The summed E-state index contributed by atoms with van der Waals surface area (Å²) in [5.41, 5.74) is 3.08. The zero-order valence-corrected chi connectivity index (χ0v) is 22.9. The van der Waals surface area contributed by atoms with Gasteiger partial charge in [-0.25, -0.2) is 9.97 Å². The Morgan fingerprint density at radius 3 is 2.95 bits per heavy atom. The van der Waals surface area contributed by atoms with Gasteiger partial charge in [0.2, 0.25) is 5.91 Å². The number of aromatic nitrogens is 4. The number of rotatable bonds is 8. The second kappa shape index (κ2) is 10.9. The number of nitrogens with one attached hydrogen (secondary N) is 2. The highest BCUT2D eigenvalue weighted by Crippen LogP contribution is 2.42. The Balaban J connectivity index is 1.25. The number of aromatic amines is 1. The SMILES string of the molecule is CN(C)C(=O)[C@H]1CCc2c(sc3ncnc(Nc4cc5cn[nH]c5cc4OCCCN4CCCCC4)c23)C1. The summed E-state index contributed by atoms with van der Waals surface area (Å²) in [6, 6.07) is 4.09. The van der Waals surface area contributed by atoms with E-state index in [0.29, 0.717) is 6.61 Å². The number of hydrogen-bond acceptors (Lipinski definition) is 8. The van der Waals surface area contributed by atoms with Crippen LogP contribution in [0.25, 0.3) is 21.1 Å². The fraction of sp³-hybridized carbons (Fsp3) is 0.500. The molecule has 0 bridgehead atoms. The molecule has 1 amide bonds. The van der Waals surface area contributed by atoms with E-state index in [2.05, 4.69) is 36.4 Å². The van der Waals surface area contributed by atoms with Crippen molar-refractivity contribution in [2.24, 2.45) is 5.92 Å². The predicted molar refractivity (Wildman–Crippen MR) is 151 cm³/mol. The van der Waals surface area contributed by atoms with Crippen molar-refractivity contribution in [3.63, 3.8) is 0 Å². The van der Waals surface area contributed by atoms with E-state index in [1.165, 1.54) is 42.8 Å². The molecule has 1 aromatic carbocycles. The van der Waals surface area contributed by atoms with Crippen LogP contribution in [0.1, 0.15) is 42.5 Å². The molecule has 6 rings (SSSR count). The fourth-order valence-electron chi connectivity index (χ4n) is 5.75. The number of anilines is 2. The molecule has 1 aliphatic carbocycles. The highest BCUT2D eigenvalue weighted by molar-refractivity contribution is 7.19. The van der Waals surface area contributed by atoms with E-state index in [-0.39, 0.29) is 11.8 Å². The minimum absolute atomic E-state index is 0.0309. The van der Waals surface area contributed by atoms with Gasteiger partial charge in [0, 0.05) is 42.9 Å².